The zero-order chi connectivity index (χ0) is 24.8. The SMILES string of the molecule is CCc1ccc(C(=O)N2CCN(c3ccc(NC(=S)NC(=O)c4cccc(Br)c4)cc3)CC2)cc1. The third kappa shape index (κ3) is 6.46. The van der Waals surface area contributed by atoms with E-state index in [-0.39, 0.29) is 16.9 Å². The third-order valence-electron chi connectivity index (χ3n) is 5.98. The fourth-order valence-electron chi connectivity index (χ4n) is 3.96. The molecule has 1 saturated heterocycles. The molecule has 0 atom stereocenters. The highest BCUT2D eigenvalue weighted by Gasteiger charge is 2.22. The first-order valence-electron chi connectivity index (χ1n) is 11.5. The van der Waals surface area contributed by atoms with E-state index in [1.54, 1.807) is 18.2 Å². The Balaban J connectivity index is 1.27. The minimum absolute atomic E-state index is 0.0882. The topological polar surface area (TPSA) is 64.7 Å². The highest BCUT2D eigenvalue weighted by atomic mass is 79.9. The van der Waals surface area contributed by atoms with E-state index in [1.807, 2.05) is 59.5 Å². The van der Waals surface area contributed by atoms with Crippen LogP contribution in [-0.4, -0.2) is 48.0 Å². The molecular formula is C27H27BrN4O2S. The summed E-state index contributed by atoms with van der Waals surface area (Å²) in [4.78, 5) is 29.4. The molecule has 1 aliphatic heterocycles. The first-order chi connectivity index (χ1) is 16.9. The smallest absolute Gasteiger partial charge is 0.257 e. The maximum absolute atomic E-state index is 12.8. The molecule has 0 aromatic heterocycles. The summed E-state index contributed by atoms with van der Waals surface area (Å²) in [6.45, 7) is 5.01. The van der Waals surface area contributed by atoms with Crippen molar-refractivity contribution in [2.75, 3.05) is 36.4 Å². The van der Waals surface area contributed by atoms with E-state index in [0.717, 1.165) is 40.9 Å². The van der Waals surface area contributed by atoms with Gasteiger partial charge in [-0.15, -0.1) is 0 Å². The van der Waals surface area contributed by atoms with Gasteiger partial charge in [-0.1, -0.05) is 41.1 Å². The highest BCUT2D eigenvalue weighted by Crippen LogP contribution is 2.20. The molecule has 4 rings (SSSR count). The Morgan fingerprint density at radius 2 is 1.60 bits per heavy atom. The maximum atomic E-state index is 12.8. The summed E-state index contributed by atoms with van der Waals surface area (Å²) in [7, 11) is 0. The van der Waals surface area contributed by atoms with Crippen LogP contribution in [0.15, 0.2) is 77.3 Å². The van der Waals surface area contributed by atoms with Crippen LogP contribution in [0.2, 0.25) is 0 Å². The van der Waals surface area contributed by atoms with Gasteiger partial charge in [-0.25, -0.2) is 0 Å². The number of anilines is 2. The number of carbonyl (C=O) groups is 2. The molecule has 0 bridgehead atoms. The van der Waals surface area contributed by atoms with Crippen molar-refractivity contribution in [3.8, 4) is 0 Å². The van der Waals surface area contributed by atoms with Gasteiger partial charge in [0.05, 0.1) is 0 Å². The lowest BCUT2D eigenvalue weighted by atomic mass is 10.1. The monoisotopic (exact) mass is 550 g/mol. The Hall–Kier alpha value is -3.23. The quantitative estimate of drug-likeness (QED) is 0.432. The zero-order valence-electron chi connectivity index (χ0n) is 19.5. The average Bonchev–Trinajstić information content (AvgIpc) is 2.89. The molecule has 3 aromatic carbocycles. The fourth-order valence-corrected chi connectivity index (χ4v) is 4.57. The molecule has 6 nitrogen and oxygen atoms in total. The molecule has 0 saturated carbocycles. The lowest BCUT2D eigenvalue weighted by Gasteiger charge is -2.36. The van der Waals surface area contributed by atoms with Crippen LogP contribution in [0.1, 0.15) is 33.2 Å². The summed E-state index contributed by atoms with van der Waals surface area (Å²) in [5.74, 6) is -0.181. The van der Waals surface area contributed by atoms with Crippen molar-refractivity contribution < 1.29 is 9.59 Å². The molecule has 1 fully saturated rings. The summed E-state index contributed by atoms with van der Waals surface area (Å²) in [6.07, 6.45) is 0.966. The molecule has 8 heteroatoms. The molecule has 180 valence electrons. The lowest BCUT2D eigenvalue weighted by molar-refractivity contribution is 0.0746. The summed E-state index contributed by atoms with van der Waals surface area (Å²) >= 11 is 8.66. The number of halogens is 1. The van der Waals surface area contributed by atoms with Crippen LogP contribution in [0.3, 0.4) is 0 Å². The molecule has 0 spiro atoms. The highest BCUT2D eigenvalue weighted by molar-refractivity contribution is 9.10. The molecule has 3 aromatic rings. The predicted molar refractivity (Wildman–Crippen MR) is 148 cm³/mol. The minimum atomic E-state index is -0.269. The Bertz CT molecular complexity index is 1210. The summed E-state index contributed by atoms with van der Waals surface area (Å²) < 4.78 is 0.829. The molecule has 35 heavy (non-hydrogen) atoms. The van der Waals surface area contributed by atoms with Crippen molar-refractivity contribution >= 4 is 56.4 Å². The predicted octanol–water partition coefficient (Wildman–Crippen LogP) is 5.10. The van der Waals surface area contributed by atoms with Crippen molar-refractivity contribution in [3.63, 3.8) is 0 Å². The van der Waals surface area contributed by atoms with Crippen molar-refractivity contribution in [2.45, 2.75) is 13.3 Å². The van der Waals surface area contributed by atoms with Crippen molar-refractivity contribution in [3.05, 3.63) is 94.0 Å². The van der Waals surface area contributed by atoms with Gasteiger partial charge < -0.3 is 15.1 Å². The number of hydrogen-bond donors (Lipinski definition) is 2. The normalized spacial score (nSPS) is 13.3. The number of nitrogens with zero attached hydrogens (tertiary/aromatic N) is 2. The van der Waals surface area contributed by atoms with Crippen molar-refractivity contribution in [1.29, 1.82) is 0 Å². The molecule has 0 aliphatic carbocycles. The molecule has 0 radical (unpaired) electrons. The molecule has 0 unspecified atom stereocenters. The first kappa shape index (κ1) is 24.9. The van der Waals surface area contributed by atoms with E-state index < -0.39 is 0 Å². The van der Waals surface area contributed by atoms with E-state index in [0.29, 0.717) is 18.7 Å². The number of piperazine rings is 1. The van der Waals surface area contributed by atoms with Gasteiger partial charge in [0.15, 0.2) is 5.11 Å². The second-order valence-electron chi connectivity index (χ2n) is 8.30. The second kappa shape index (κ2) is 11.5. The molecule has 2 N–H and O–H groups in total. The number of aryl methyl sites for hydroxylation is 1. The van der Waals surface area contributed by atoms with Gasteiger partial charge in [-0.2, -0.15) is 0 Å². The second-order valence-corrected chi connectivity index (χ2v) is 9.62. The van der Waals surface area contributed by atoms with Crippen LogP contribution in [0.5, 0.6) is 0 Å². The van der Waals surface area contributed by atoms with E-state index in [2.05, 4.69) is 38.4 Å². The summed E-state index contributed by atoms with van der Waals surface area (Å²) in [5.41, 5.74) is 4.37. The molecule has 1 heterocycles. The van der Waals surface area contributed by atoms with Crippen LogP contribution >= 0.6 is 28.1 Å². The van der Waals surface area contributed by atoms with Gasteiger partial charge in [0.2, 0.25) is 0 Å². The number of benzene rings is 3. The zero-order valence-corrected chi connectivity index (χ0v) is 21.9. The van der Waals surface area contributed by atoms with E-state index in [1.165, 1.54) is 5.56 Å². The van der Waals surface area contributed by atoms with Gasteiger partial charge in [0, 0.05) is 53.2 Å². The van der Waals surface area contributed by atoms with Crippen LogP contribution in [0.25, 0.3) is 0 Å². The Morgan fingerprint density at radius 1 is 0.914 bits per heavy atom. The van der Waals surface area contributed by atoms with E-state index in [9.17, 15) is 9.59 Å². The number of amides is 2. The summed E-state index contributed by atoms with van der Waals surface area (Å²) in [5, 5.41) is 5.99. The van der Waals surface area contributed by atoms with E-state index in [4.69, 9.17) is 12.2 Å². The summed E-state index contributed by atoms with van der Waals surface area (Å²) in [6, 6.07) is 22.9. The van der Waals surface area contributed by atoms with Crippen LogP contribution < -0.4 is 15.5 Å². The Morgan fingerprint density at radius 3 is 2.23 bits per heavy atom. The maximum Gasteiger partial charge on any atom is 0.257 e. The first-order valence-corrected chi connectivity index (χ1v) is 12.7. The molecule has 2 amide bonds. The van der Waals surface area contributed by atoms with Crippen LogP contribution in [-0.2, 0) is 6.42 Å². The largest absolute Gasteiger partial charge is 0.368 e. The number of thiocarbonyl (C=S) groups is 1. The number of nitrogens with one attached hydrogen (secondary N) is 2. The number of rotatable bonds is 5. The van der Waals surface area contributed by atoms with Gasteiger partial charge >= 0.3 is 0 Å². The lowest BCUT2D eigenvalue weighted by Crippen LogP contribution is -2.48. The standard InChI is InChI=1S/C27H27BrN4O2S/c1-2-19-6-8-20(9-7-19)26(34)32-16-14-31(15-17-32)24-12-10-23(11-13-24)29-27(35)30-25(33)21-4-3-5-22(28)18-21/h3-13,18H,2,14-17H2,1H3,(H2,29,30,33,35). The van der Waals surface area contributed by atoms with E-state index >= 15 is 0 Å². The number of carbonyl (C=O) groups excluding carboxylic acids is 2. The minimum Gasteiger partial charge on any atom is -0.368 e. The van der Waals surface area contributed by atoms with Crippen molar-refractivity contribution in [2.24, 2.45) is 0 Å². The third-order valence-corrected chi connectivity index (χ3v) is 6.68. The average molecular weight is 552 g/mol. The molecule has 1 aliphatic rings. The van der Waals surface area contributed by atoms with Gasteiger partial charge in [-0.3, -0.25) is 14.9 Å². The Kier molecular flexibility index (Phi) is 8.15. The molecular weight excluding hydrogens is 524 g/mol. The fraction of sp³-hybridized carbons (Fsp3) is 0.222. The van der Waals surface area contributed by atoms with Gasteiger partial charge in [0.1, 0.15) is 0 Å². The van der Waals surface area contributed by atoms with Gasteiger partial charge in [0.25, 0.3) is 11.8 Å². The van der Waals surface area contributed by atoms with Crippen LogP contribution in [0.4, 0.5) is 11.4 Å². The van der Waals surface area contributed by atoms with Crippen molar-refractivity contribution in [1.82, 2.24) is 10.2 Å². The van der Waals surface area contributed by atoms with Gasteiger partial charge in [-0.05, 0) is 78.8 Å². The Labute approximate surface area is 219 Å². The number of hydrogen-bond acceptors (Lipinski definition) is 4. The van der Waals surface area contributed by atoms with Crippen LogP contribution in [0, 0.1) is 0 Å².